The van der Waals surface area contributed by atoms with Crippen molar-refractivity contribution in [2.75, 3.05) is 6.54 Å². The van der Waals surface area contributed by atoms with Gasteiger partial charge in [0.1, 0.15) is 5.82 Å². The predicted octanol–water partition coefficient (Wildman–Crippen LogP) is 3.17. The fraction of sp³-hybridized carbons (Fsp3) is 0.118. The number of hydrogen-bond donors (Lipinski definition) is 1. The lowest BCUT2D eigenvalue weighted by molar-refractivity contribution is 0.0948. The van der Waals surface area contributed by atoms with Crippen molar-refractivity contribution in [1.29, 1.82) is 0 Å². The average Bonchev–Trinajstić information content (AvgIpc) is 3.04. The Hall–Kier alpha value is -2.73. The Labute approximate surface area is 143 Å². The number of amides is 1. The first-order valence-electron chi connectivity index (χ1n) is 7.31. The molecule has 0 aliphatic heterocycles. The van der Waals surface area contributed by atoms with Gasteiger partial charge in [-0.25, -0.2) is 4.39 Å². The number of halogens is 2. The minimum absolute atomic E-state index is 0.0894. The van der Waals surface area contributed by atoms with Gasteiger partial charge >= 0.3 is 0 Å². The molecule has 0 aliphatic rings. The zero-order valence-corrected chi connectivity index (χ0v) is 13.4. The van der Waals surface area contributed by atoms with Crippen molar-refractivity contribution >= 4 is 17.5 Å². The van der Waals surface area contributed by atoms with Crippen molar-refractivity contribution in [2.45, 2.75) is 6.54 Å². The van der Waals surface area contributed by atoms with E-state index in [0.717, 1.165) is 11.3 Å². The molecule has 0 saturated carbocycles. The molecular weight excluding hydrogens is 331 g/mol. The maximum Gasteiger partial charge on any atom is 0.255 e. The Balaban J connectivity index is 1.59. The summed E-state index contributed by atoms with van der Waals surface area (Å²) in [7, 11) is 0. The van der Waals surface area contributed by atoms with E-state index in [2.05, 4.69) is 15.4 Å². The predicted molar refractivity (Wildman–Crippen MR) is 89.2 cm³/mol. The molecule has 122 valence electrons. The molecular formula is C17H14ClFN4O. The van der Waals surface area contributed by atoms with Crippen LogP contribution in [0.5, 0.6) is 0 Å². The number of nitrogens with one attached hydrogen (secondary N) is 1. The molecule has 0 saturated heterocycles. The van der Waals surface area contributed by atoms with Crippen LogP contribution in [-0.4, -0.2) is 27.2 Å². The molecule has 0 unspecified atom stereocenters. The highest BCUT2D eigenvalue weighted by Gasteiger charge is 2.15. The fourth-order valence-electron chi connectivity index (χ4n) is 2.25. The number of nitrogens with zero attached hydrogens (tertiary/aromatic N) is 3. The topological polar surface area (TPSA) is 59.8 Å². The Bertz CT molecular complexity index is 831. The summed E-state index contributed by atoms with van der Waals surface area (Å²) in [4.78, 5) is 16.0. The first-order valence-corrected chi connectivity index (χ1v) is 7.69. The van der Waals surface area contributed by atoms with Crippen molar-refractivity contribution < 1.29 is 9.18 Å². The second kappa shape index (κ2) is 7.23. The molecule has 5 nitrogen and oxygen atoms in total. The quantitative estimate of drug-likeness (QED) is 0.773. The van der Waals surface area contributed by atoms with E-state index in [1.165, 1.54) is 18.2 Å². The van der Waals surface area contributed by atoms with Crippen LogP contribution in [0.1, 0.15) is 10.4 Å². The number of hydrogen-bond acceptors (Lipinski definition) is 3. The fourth-order valence-corrected chi connectivity index (χ4v) is 2.50. The largest absolute Gasteiger partial charge is 0.350 e. The highest BCUT2D eigenvalue weighted by Crippen LogP contribution is 2.18. The van der Waals surface area contributed by atoms with Gasteiger partial charge in [-0.05, 0) is 30.3 Å². The highest BCUT2D eigenvalue weighted by atomic mass is 35.5. The first kappa shape index (κ1) is 16.1. The van der Waals surface area contributed by atoms with Crippen molar-refractivity contribution in [3.63, 3.8) is 0 Å². The normalized spacial score (nSPS) is 10.6. The Morgan fingerprint density at radius 3 is 2.75 bits per heavy atom. The number of benzene rings is 1. The van der Waals surface area contributed by atoms with Gasteiger partial charge in [0.05, 0.1) is 22.8 Å². The van der Waals surface area contributed by atoms with Crippen molar-refractivity contribution in [2.24, 2.45) is 0 Å². The van der Waals surface area contributed by atoms with Crippen LogP contribution in [0, 0.1) is 5.82 Å². The van der Waals surface area contributed by atoms with Gasteiger partial charge in [0.25, 0.3) is 5.91 Å². The summed E-state index contributed by atoms with van der Waals surface area (Å²) >= 11 is 5.87. The SMILES string of the molecule is O=C(NCCn1ccc(-c2ccncc2)n1)c1c(F)cccc1Cl. The number of carbonyl (C=O) groups is 1. The van der Waals surface area contributed by atoms with Gasteiger partial charge in [0.2, 0.25) is 0 Å². The molecule has 1 amide bonds. The van der Waals surface area contributed by atoms with Gasteiger partial charge in [-0.1, -0.05) is 17.7 Å². The first-order chi connectivity index (χ1) is 11.6. The standard InChI is InChI=1S/C17H14ClFN4O/c18-13-2-1-3-14(19)16(13)17(24)21-9-11-23-10-6-15(22-23)12-4-7-20-8-5-12/h1-8,10H,9,11H2,(H,21,24). The van der Waals surface area contributed by atoms with Crippen LogP contribution in [-0.2, 0) is 6.54 Å². The zero-order chi connectivity index (χ0) is 16.9. The van der Waals surface area contributed by atoms with Crippen molar-refractivity contribution in [3.8, 4) is 11.3 Å². The van der Waals surface area contributed by atoms with Crippen LogP contribution in [0.25, 0.3) is 11.3 Å². The third kappa shape index (κ3) is 3.60. The lowest BCUT2D eigenvalue weighted by Crippen LogP contribution is -2.28. The third-order valence-corrected chi connectivity index (χ3v) is 3.75. The maximum atomic E-state index is 13.7. The van der Waals surface area contributed by atoms with Gasteiger partial charge < -0.3 is 5.32 Å². The summed E-state index contributed by atoms with van der Waals surface area (Å²) in [6, 6.07) is 9.76. The average molecular weight is 345 g/mol. The highest BCUT2D eigenvalue weighted by molar-refractivity contribution is 6.33. The molecule has 1 N–H and O–H groups in total. The molecule has 2 heterocycles. The summed E-state index contributed by atoms with van der Waals surface area (Å²) in [5.41, 5.74) is 1.64. The molecule has 0 spiro atoms. The molecule has 7 heteroatoms. The van der Waals surface area contributed by atoms with E-state index >= 15 is 0 Å². The van der Waals surface area contributed by atoms with Gasteiger partial charge in [-0.3, -0.25) is 14.5 Å². The Morgan fingerprint density at radius 1 is 1.21 bits per heavy atom. The molecule has 3 aromatic rings. The molecule has 0 fully saturated rings. The second-order valence-corrected chi connectivity index (χ2v) is 5.46. The summed E-state index contributed by atoms with van der Waals surface area (Å²) in [5.74, 6) is -1.18. The molecule has 0 bridgehead atoms. The molecule has 1 aromatic carbocycles. The molecule has 0 radical (unpaired) electrons. The van der Waals surface area contributed by atoms with Gasteiger partial charge in [-0.2, -0.15) is 5.10 Å². The van der Waals surface area contributed by atoms with Crippen LogP contribution >= 0.6 is 11.6 Å². The van der Waals surface area contributed by atoms with Crippen LogP contribution in [0.4, 0.5) is 4.39 Å². The van der Waals surface area contributed by atoms with E-state index in [4.69, 9.17) is 11.6 Å². The van der Waals surface area contributed by atoms with E-state index < -0.39 is 11.7 Å². The minimum Gasteiger partial charge on any atom is -0.350 e. The van der Waals surface area contributed by atoms with E-state index in [9.17, 15) is 9.18 Å². The lowest BCUT2D eigenvalue weighted by atomic mass is 10.2. The lowest BCUT2D eigenvalue weighted by Gasteiger charge is -2.07. The number of carbonyl (C=O) groups excluding carboxylic acids is 1. The summed E-state index contributed by atoms with van der Waals surface area (Å²) < 4.78 is 15.4. The summed E-state index contributed by atoms with van der Waals surface area (Å²) in [6.45, 7) is 0.768. The molecule has 3 rings (SSSR count). The molecule has 0 aliphatic carbocycles. The van der Waals surface area contributed by atoms with Crippen LogP contribution < -0.4 is 5.32 Å². The minimum atomic E-state index is -0.640. The smallest absolute Gasteiger partial charge is 0.255 e. The Morgan fingerprint density at radius 2 is 2.00 bits per heavy atom. The van der Waals surface area contributed by atoms with E-state index in [1.54, 1.807) is 17.1 Å². The molecule has 0 atom stereocenters. The van der Waals surface area contributed by atoms with Crippen molar-refractivity contribution in [1.82, 2.24) is 20.1 Å². The number of rotatable bonds is 5. The zero-order valence-electron chi connectivity index (χ0n) is 12.6. The van der Waals surface area contributed by atoms with E-state index in [1.807, 2.05) is 24.4 Å². The summed E-state index contributed by atoms with van der Waals surface area (Å²) in [6.07, 6.45) is 5.22. The monoisotopic (exact) mass is 344 g/mol. The maximum absolute atomic E-state index is 13.7. The molecule has 24 heavy (non-hydrogen) atoms. The second-order valence-electron chi connectivity index (χ2n) is 5.05. The number of aromatic nitrogens is 3. The van der Waals surface area contributed by atoms with Crippen molar-refractivity contribution in [3.05, 3.63) is 71.4 Å². The van der Waals surface area contributed by atoms with Gasteiger partial charge in [0.15, 0.2) is 0 Å². The third-order valence-electron chi connectivity index (χ3n) is 3.43. The van der Waals surface area contributed by atoms with Gasteiger partial charge in [0, 0.05) is 30.7 Å². The number of pyridine rings is 1. The Kier molecular flexibility index (Phi) is 4.86. The summed E-state index contributed by atoms with van der Waals surface area (Å²) in [5, 5.41) is 7.16. The van der Waals surface area contributed by atoms with Crippen LogP contribution in [0.2, 0.25) is 5.02 Å². The van der Waals surface area contributed by atoms with E-state index in [0.29, 0.717) is 13.1 Å². The van der Waals surface area contributed by atoms with Crippen LogP contribution in [0.3, 0.4) is 0 Å². The molecule has 2 aromatic heterocycles. The van der Waals surface area contributed by atoms with E-state index in [-0.39, 0.29) is 10.6 Å². The van der Waals surface area contributed by atoms with Gasteiger partial charge in [-0.15, -0.1) is 0 Å². The van der Waals surface area contributed by atoms with Crippen LogP contribution in [0.15, 0.2) is 55.0 Å².